The summed E-state index contributed by atoms with van der Waals surface area (Å²) in [4.78, 5) is 17.3. The van der Waals surface area contributed by atoms with Crippen molar-refractivity contribution in [2.24, 2.45) is 11.8 Å². The van der Waals surface area contributed by atoms with Crippen LogP contribution in [0, 0.1) is 11.8 Å². The average molecular weight is 386 g/mol. The maximum atomic E-state index is 12.5. The smallest absolute Gasteiger partial charge is 0.339 e. The van der Waals surface area contributed by atoms with E-state index in [1.807, 2.05) is 0 Å². The summed E-state index contributed by atoms with van der Waals surface area (Å²) in [7, 11) is 1.61. The van der Waals surface area contributed by atoms with Gasteiger partial charge in [-0.15, -0.1) is 23.7 Å². The number of hydrogen-bond donors (Lipinski definition) is 1. The highest BCUT2D eigenvalue weighted by Gasteiger charge is 2.34. The molecular formula is C15H23ClF3N3OS. The Balaban J connectivity index is 0.00000288. The van der Waals surface area contributed by atoms with Gasteiger partial charge in [-0.25, -0.2) is 4.98 Å². The van der Waals surface area contributed by atoms with Crippen LogP contribution in [0.5, 0.6) is 0 Å². The lowest BCUT2D eigenvalue weighted by Gasteiger charge is -2.29. The van der Waals surface area contributed by atoms with Crippen molar-refractivity contribution in [1.82, 2.24) is 15.2 Å². The molecule has 1 aromatic rings. The summed E-state index contributed by atoms with van der Waals surface area (Å²) in [6.45, 7) is 4.14. The van der Waals surface area contributed by atoms with Gasteiger partial charge in [0.25, 0.3) is 0 Å². The topological polar surface area (TPSA) is 45.2 Å². The van der Waals surface area contributed by atoms with E-state index in [2.05, 4.69) is 17.2 Å². The van der Waals surface area contributed by atoms with E-state index >= 15 is 0 Å². The molecule has 1 N–H and O–H groups in total. The van der Waals surface area contributed by atoms with Gasteiger partial charge in [-0.05, 0) is 37.8 Å². The fourth-order valence-electron chi connectivity index (χ4n) is 2.77. The standard InChI is InChI=1S/C15H22F3N3OS.ClH/c1-10(11-4-3-5-19-7-11)6-14(22)21(2)8-13-20-12(9-23-13)15(16,17)18;/h9-11,19H,3-8H2,1-2H3;1H. The third-order valence-electron chi connectivity index (χ3n) is 4.28. The molecule has 9 heteroatoms. The number of aromatic nitrogens is 1. The van der Waals surface area contributed by atoms with Gasteiger partial charge in [-0.3, -0.25) is 4.79 Å². The molecule has 2 rings (SSSR count). The molecular weight excluding hydrogens is 363 g/mol. The van der Waals surface area contributed by atoms with Crippen LogP contribution in [0.1, 0.15) is 36.9 Å². The van der Waals surface area contributed by atoms with Gasteiger partial charge in [0.2, 0.25) is 5.91 Å². The number of carbonyl (C=O) groups excluding carboxylic acids is 1. The van der Waals surface area contributed by atoms with Crippen molar-refractivity contribution in [2.45, 2.75) is 38.9 Å². The lowest BCUT2D eigenvalue weighted by Crippen LogP contribution is -2.36. The summed E-state index contributed by atoms with van der Waals surface area (Å²) in [5.41, 5.74) is -0.889. The number of alkyl halides is 3. The van der Waals surface area contributed by atoms with E-state index in [1.165, 1.54) is 4.90 Å². The van der Waals surface area contributed by atoms with Crippen LogP contribution >= 0.6 is 23.7 Å². The molecule has 0 spiro atoms. The van der Waals surface area contributed by atoms with Crippen LogP contribution < -0.4 is 5.32 Å². The van der Waals surface area contributed by atoms with Crippen molar-refractivity contribution in [2.75, 3.05) is 20.1 Å². The zero-order chi connectivity index (χ0) is 17.0. The molecule has 1 fully saturated rings. The molecule has 2 heterocycles. The van der Waals surface area contributed by atoms with Crippen LogP contribution in [0.15, 0.2) is 5.38 Å². The number of piperidine rings is 1. The fourth-order valence-corrected chi connectivity index (χ4v) is 3.62. The van der Waals surface area contributed by atoms with Gasteiger partial charge < -0.3 is 10.2 Å². The van der Waals surface area contributed by atoms with Gasteiger partial charge in [0.15, 0.2) is 5.69 Å². The Morgan fingerprint density at radius 2 is 2.25 bits per heavy atom. The second-order valence-corrected chi connectivity index (χ2v) is 7.10. The molecule has 0 radical (unpaired) electrons. The number of nitrogens with one attached hydrogen (secondary N) is 1. The number of carbonyl (C=O) groups is 1. The van der Waals surface area contributed by atoms with Crippen LogP contribution in [0.25, 0.3) is 0 Å². The zero-order valence-electron chi connectivity index (χ0n) is 13.7. The van der Waals surface area contributed by atoms with Crippen molar-refractivity contribution in [1.29, 1.82) is 0 Å². The summed E-state index contributed by atoms with van der Waals surface area (Å²) in [5.74, 6) is 0.699. The van der Waals surface area contributed by atoms with E-state index in [0.29, 0.717) is 17.3 Å². The third-order valence-corrected chi connectivity index (χ3v) is 5.11. The predicted molar refractivity (Wildman–Crippen MR) is 90.2 cm³/mol. The van der Waals surface area contributed by atoms with Crippen molar-refractivity contribution < 1.29 is 18.0 Å². The Kier molecular flexibility index (Phi) is 7.95. The summed E-state index contributed by atoms with van der Waals surface area (Å²) in [5, 5.41) is 4.63. The number of nitrogens with zero attached hydrogens (tertiary/aromatic N) is 2. The minimum atomic E-state index is -4.43. The lowest BCUT2D eigenvalue weighted by atomic mass is 9.85. The molecule has 1 aliphatic rings. The summed E-state index contributed by atoms with van der Waals surface area (Å²) in [6, 6.07) is 0. The first-order valence-corrected chi connectivity index (χ1v) is 8.61. The monoisotopic (exact) mass is 385 g/mol. The minimum absolute atomic E-state index is 0. The third kappa shape index (κ3) is 5.89. The van der Waals surface area contributed by atoms with Crippen LogP contribution in [0.3, 0.4) is 0 Å². The normalized spacial score (nSPS) is 19.5. The van der Waals surface area contributed by atoms with Crippen molar-refractivity contribution >= 4 is 29.7 Å². The van der Waals surface area contributed by atoms with E-state index in [0.717, 1.165) is 42.6 Å². The van der Waals surface area contributed by atoms with Crippen LogP contribution in [0.2, 0.25) is 0 Å². The molecule has 0 aromatic carbocycles. The van der Waals surface area contributed by atoms with Gasteiger partial charge in [-0.2, -0.15) is 13.2 Å². The van der Waals surface area contributed by atoms with Crippen LogP contribution in [0.4, 0.5) is 13.2 Å². The molecule has 0 aliphatic carbocycles. The molecule has 0 bridgehead atoms. The predicted octanol–water partition coefficient (Wildman–Crippen LogP) is 3.57. The van der Waals surface area contributed by atoms with Crippen molar-refractivity contribution in [3.63, 3.8) is 0 Å². The Morgan fingerprint density at radius 3 is 2.79 bits per heavy atom. The second-order valence-electron chi connectivity index (χ2n) is 6.16. The number of rotatable bonds is 5. The first-order chi connectivity index (χ1) is 10.8. The van der Waals surface area contributed by atoms with Gasteiger partial charge in [0.05, 0.1) is 6.54 Å². The molecule has 0 saturated carbocycles. The molecule has 1 aromatic heterocycles. The van der Waals surface area contributed by atoms with Gasteiger partial charge in [0, 0.05) is 18.8 Å². The van der Waals surface area contributed by atoms with Gasteiger partial charge in [0.1, 0.15) is 5.01 Å². The van der Waals surface area contributed by atoms with E-state index < -0.39 is 11.9 Å². The molecule has 138 valence electrons. The van der Waals surface area contributed by atoms with E-state index in [-0.39, 0.29) is 30.8 Å². The summed E-state index contributed by atoms with van der Waals surface area (Å²) >= 11 is 0.934. The highest BCUT2D eigenvalue weighted by molar-refractivity contribution is 7.09. The average Bonchev–Trinajstić information content (AvgIpc) is 2.96. The van der Waals surface area contributed by atoms with E-state index in [1.54, 1.807) is 7.05 Å². The number of hydrogen-bond acceptors (Lipinski definition) is 4. The van der Waals surface area contributed by atoms with E-state index in [4.69, 9.17) is 0 Å². The van der Waals surface area contributed by atoms with Gasteiger partial charge in [-0.1, -0.05) is 6.92 Å². The molecule has 1 amide bonds. The molecule has 1 aliphatic heterocycles. The van der Waals surface area contributed by atoms with E-state index in [9.17, 15) is 18.0 Å². The Hall–Kier alpha value is -0.860. The fraction of sp³-hybridized carbons (Fsp3) is 0.733. The SMILES string of the molecule is CC(CC(=O)N(C)Cc1nc(C(F)(F)F)cs1)C1CCCNC1.Cl. The summed E-state index contributed by atoms with van der Waals surface area (Å²) in [6.07, 6.45) is -1.77. The minimum Gasteiger partial charge on any atom is -0.339 e. The molecule has 2 unspecified atom stereocenters. The lowest BCUT2D eigenvalue weighted by molar-refractivity contribution is -0.140. The Bertz CT molecular complexity index is 532. The maximum Gasteiger partial charge on any atom is 0.434 e. The molecule has 4 nitrogen and oxygen atoms in total. The molecule has 2 atom stereocenters. The Morgan fingerprint density at radius 1 is 1.54 bits per heavy atom. The number of halogens is 4. The summed E-state index contributed by atoms with van der Waals surface area (Å²) < 4.78 is 37.6. The van der Waals surface area contributed by atoms with Crippen LogP contribution in [-0.4, -0.2) is 35.9 Å². The Labute approximate surface area is 150 Å². The maximum absolute atomic E-state index is 12.5. The zero-order valence-corrected chi connectivity index (χ0v) is 15.4. The first kappa shape index (κ1) is 21.2. The number of thiazole rings is 1. The number of amides is 1. The van der Waals surface area contributed by atoms with Crippen molar-refractivity contribution in [3.8, 4) is 0 Å². The second kappa shape index (κ2) is 9.01. The highest BCUT2D eigenvalue weighted by atomic mass is 35.5. The highest BCUT2D eigenvalue weighted by Crippen LogP contribution is 2.30. The van der Waals surface area contributed by atoms with Gasteiger partial charge >= 0.3 is 6.18 Å². The van der Waals surface area contributed by atoms with Crippen LogP contribution in [-0.2, 0) is 17.5 Å². The first-order valence-electron chi connectivity index (χ1n) is 7.73. The molecule has 1 saturated heterocycles. The largest absolute Gasteiger partial charge is 0.434 e. The quantitative estimate of drug-likeness (QED) is 0.842. The molecule has 24 heavy (non-hydrogen) atoms. The van der Waals surface area contributed by atoms with Crippen molar-refractivity contribution in [3.05, 3.63) is 16.1 Å².